The van der Waals surface area contributed by atoms with Gasteiger partial charge in [-0.25, -0.2) is 9.18 Å². The summed E-state index contributed by atoms with van der Waals surface area (Å²) in [6.45, 7) is 3.66. The van der Waals surface area contributed by atoms with Gasteiger partial charge in [-0.3, -0.25) is 9.59 Å². The number of nitrogens with one attached hydrogen (secondary N) is 2. The lowest BCUT2D eigenvalue weighted by Gasteiger charge is -2.18. The van der Waals surface area contributed by atoms with Gasteiger partial charge in [-0.15, -0.1) is 0 Å². The summed E-state index contributed by atoms with van der Waals surface area (Å²) in [6, 6.07) is 12.8. The Balaban J connectivity index is 2.33. The largest absolute Gasteiger partial charge is 0.480 e. The van der Waals surface area contributed by atoms with Crippen molar-refractivity contribution < 1.29 is 23.9 Å². The normalized spacial score (nSPS) is 12.3. The Bertz CT molecular complexity index is 910. The predicted molar refractivity (Wildman–Crippen MR) is 107 cm³/mol. The summed E-state index contributed by atoms with van der Waals surface area (Å²) < 4.78 is 14.1. The fourth-order valence-electron chi connectivity index (χ4n) is 2.62. The van der Waals surface area contributed by atoms with Crippen molar-refractivity contribution in [3.05, 3.63) is 77.2 Å². The third-order valence-electron chi connectivity index (χ3n) is 4.04. The number of carbonyl (C=O) groups is 3. The number of hydrogen-bond donors (Lipinski definition) is 3. The van der Waals surface area contributed by atoms with Gasteiger partial charge in [-0.1, -0.05) is 50.2 Å². The van der Waals surface area contributed by atoms with Crippen molar-refractivity contribution in [3.63, 3.8) is 0 Å². The number of halogens is 1. The van der Waals surface area contributed by atoms with E-state index in [0.29, 0.717) is 5.56 Å². The summed E-state index contributed by atoms with van der Waals surface area (Å²) in [6.07, 6.45) is 1.39. The summed E-state index contributed by atoms with van der Waals surface area (Å²) in [5.74, 6) is -3.13. The van der Waals surface area contributed by atoms with E-state index in [1.54, 1.807) is 36.4 Å². The second-order valence-electron chi connectivity index (χ2n) is 6.89. The molecule has 2 amide bonds. The number of carboxylic acid groups (broad SMARTS) is 1. The molecule has 2 rings (SSSR count). The number of carbonyl (C=O) groups excluding carboxylic acids is 2. The first-order valence-corrected chi connectivity index (χ1v) is 9.14. The molecule has 0 heterocycles. The Morgan fingerprint density at radius 1 is 1.03 bits per heavy atom. The molecule has 6 nitrogen and oxygen atoms in total. The number of hydrogen-bond acceptors (Lipinski definition) is 3. The van der Waals surface area contributed by atoms with E-state index in [1.807, 2.05) is 13.8 Å². The Morgan fingerprint density at radius 2 is 1.66 bits per heavy atom. The van der Waals surface area contributed by atoms with Crippen LogP contribution in [0, 0.1) is 11.7 Å². The van der Waals surface area contributed by atoms with Crippen molar-refractivity contribution in [1.29, 1.82) is 0 Å². The summed E-state index contributed by atoms with van der Waals surface area (Å²) in [7, 11) is 0. The molecule has 0 radical (unpaired) electrons. The lowest BCUT2D eigenvalue weighted by Crippen LogP contribution is -2.45. The zero-order valence-electron chi connectivity index (χ0n) is 16.2. The van der Waals surface area contributed by atoms with Crippen LogP contribution in [0.25, 0.3) is 6.08 Å². The summed E-state index contributed by atoms with van der Waals surface area (Å²) >= 11 is 0. The monoisotopic (exact) mass is 398 g/mol. The van der Waals surface area contributed by atoms with Gasteiger partial charge in [0.15, 0.2) is 0 Å². The fourth-order valence-corrected chi connectivity index (χ4v) is 2.62. The molecule has 1 atom stereocenters. The van der Waals surface area contributed by atoms with Crippen molar-refractivity contribution in [1.82, 2.24) is 10.6 Å². The Hall–Kier alpha value is -3.48. The van der Waals surface area contributed by atoms with E-state index in [4.69, 9.17) is 0 Å². The van der Waals surface area contributed by atoms with Crippen LogP contribution in [-0.4, -0.2) is 28.9 Å². The van der Waals surface area contributed by atoms with Crippen LogP contribution in [0.4, 0.5) is 4.39 Å². The molecule has 152 valence electrons. The molecule has 0 aliphatic carbocycles. The van der Waals surface area contributed by atoms with Gasteiger partial charge in [0.05, 0.1) is 0 Å². The van der Waals surface area contributed by atoms with Crippen LogP contribution in [0.2, 0.25) is 0 Å². The molecule has 2 aromatic rings. The minimum absolute atomic E-state index is 0.0225. The van der Waals surface area contributed by atoms with E-state index in [-0.39, 0.29) is 23.6 Å². The highest BCUT2D eigenvalue weighted by Gasteiger charge is 2.24. The fraction of sp³-hybridized carbons (Fsp3) is 0.227. The number of amides is 2. The molecular formula is C22H23FN2O4. The van der Waals surface area contributed by atoms with Crippen LogP contribution in [0.1, 0.15) is 36.2 Å². The highest BCUT2D eigenvalue weighted by molar-refractivity contribution is 6.06. The van der Waals surface area contributed by atoms with Gasteiger partial charge in [-0.2, -0.15) is 0 Å². The van der Waals surface area contributed by atoms with E-state index >= 15 is 0 Å². The van der Waals surface area contributed by atoms with Crippen LogP contribution in [-0.2, 0) is 9.59 Å². The molecular weight excluding hydrogens is 375 g/mol. The van der Waals surface area contributed by atoms with E-state index in [9.17, 15) is 23.9 Å². The van der Waals surface area contributed by atoms with Gasteiger partial charge in [0.25, 0.3) is 11.8 Å². The molecule has 0 fully saturated rings. The average Bonchev–Trinajstić information content (AvgIpc) is 2.68. The maximum Gasteiger partial charge on any atom is 0.326 e. The summed E-state index contributed by atoms with van der Waals surface area (Å²) in [5, 5.41) is 14.2. The van der Waals surface area contributed by atoms with Gasteiger partial charge in [0.2, 0.25) is 0 Å². The average molecular weight is 398 g/mol. The first kappa shape index (κ1) is 21.8. The second kappa shape index (κ2) is 10.2. The van der Waals surface area contributed by atoms with Crippen molar-refractivity contribution in [3.8, 4) is 0 Å². The number of rotatable bonds is 8. The molecule has 3 N–H and O–H groups in total. The zero-order chi connectivity index (χ0) is 21.4. The molecule has 2 aromatic carbocycles. The van der Waals surface area contributed by atoms with Crippen LogP contribution < -0.4 is 10.6 Å². The molecule has 0 spiro atoms. The maximum atomic E-state index is 14.1. The van der Waals surface area contributed by atoms with Crippen LogP contribution in [0.3, 0.4) is 0 Å². The highest BCUT2D eigenvalue weighted by Crippen LogP contribution is 2.12. The standard InChI is InChI=1S/C22H23FN2O4/c1-14(2)12-19(22(28)29)25-21(27)18(13-16-10-6-7-11-17(16)23)24-20(26)15-8-4-3-5-9-15/h3-11,13-14,19H,12H2,1-2H3,(H,24,26)(H,25,27)(H,28,29). The third kappa shape index (κ3) is 6.57. The maximum absolute atomic E-state index is 14.1. The van der Waals surface area contributed by atoms with Gasteiger partial charge >= 0.3 is 5.97 Å². The quantitative estimate of drug-likeness (QED) is 0.595. The van der Waals surface area contributed by atoms with E-state index < -0.39 is 29.6 Å². The van der Waals surface area contributed by atoms with Gasteiger partial charge in [0.1, 0.15) is 17.6 Å². The third-order valence-corrected chi connectivity index (χ3v) is 4.04. The Kier molecular flexibility index (Phi) is 7.65. The highest BCUT2D eigenvalue weighted by atomic mass is 19.1. The molecule has 0 saturated heterocycles. The van der Waals surface area contributed by atoms with Crippen LogP contribution in [0.5, 0.6) is 0 Å². The second-order valence-corrected chi connectivity index (χ2v) is 6.89. The molecule has 29 heavy (non-hydrogen) atoms. The molecule has 7 heteroatoms. The number of aliphatic carboxylic acids is 1. The predicted octanol–water partition coefficient (Wildman–Crippen LogP) is 3.21. The van der Waals surface area contributed by atoms with E-state index in [0.717, 1.165) is 0 Å². The molecule has 0 aromatic heterocycles. The van der Waals surface area contributed by atoms with Gasteiger partial charge in [-0.05, 0) is 36.6 Å². The van der Waals surface area contributed by atoms with Crippen molar-refractivity contribution >= 4 is 23.9 Å². The van der Waals surface area contributed by atoms with Crippen LogP contribution >= 0.6 is 0 Å². The molecule has 0 saturated carbocycles. The first-order valence-electron chi connectivity index (χ1n) is 9.14. The summed E-state index contributed by atoms with van der Waals surface area (Å²) in [4.78, 5) is 36.7. The first-order chi connectivity index (χ1) is 13.8. The van der Waals surface area contributed by atoms with Gasteiger partial charge < -0.3 is 15.7 Å². The van der Waals surface area contributed by atoms with Crippen molar-refractivity contribution in [2.24, 2.45) is 5.92 Å². The molecule has 1 unspecified atom stereocenters. The minimum atomic E-state index is -1.19. The topological polar surface area (TPSA) is 95.5 Å². The van der Waals surface area contributed by atoms with E-state index in [2.05, 4.69) is 10.6 Å². The lowest BCUT2D eigenvalue weighted by atomic mass is 10.0. The SMILES string of the molecule is CC(C)CC(NC(=O)C(=Cc1ccccc1F)NC(=O)c1ccccc1)C(=O)O. The van der Waals surface area contributed by atoms with Crippen molar-refractivity contribution in [2.75, 3.05) is 0 Å². The molecule has 0 aliphatic heterocycles. The smallest absolute Gasteiger partial charge is 0.326 e. The number of carboxylic acids is 1. The Morgan fingerprint density at radius 3 is 2.24 bits per heavy atom. The number of benzene rings is 2. The molecule has 0 bridgehead atoms. The summed E-state index contributed by atoms with van der Waals surface area (Å²) in [5.41, 5.74) is 0.136. The minimum Gasteiger partial charge on any atom is -0.480 e. The Labute approximate surface area is 168 Å². The molecule has 0 aliphatic rings. The lowest BCUT2D eigenvalue weighted by molar-refractivity contribution is -0.141. The zero-order valence-corrected chi connectivity index (χ0v) is 16.2. The van der Waals surface area contributed by atoms with Crippen LogP contribution in [0.15, 0.2) is 60.3 Å². The van der Waals surface area contributed by atoms with Gasteiger partial charge in [0, 0.05) is 11.1 Å². The van der Waals surface area contributed by atoms with E-state index in [1.165, 1.54) is 24.3 Å². The van der Waals surface area contributed by atoms with Crippen molar-refractivity contribution in [2.45, 2.75) is 26.3 Å².